The molecule has 0 spiro atoms. The van der Waals surface area contributed by atoms with Crippen LogP contribution >= 0.6 is 0 Å². The summed E-state index contributed by atoms with van der Waals surface area (Å²) in [7, 11) is -3.45. The summed E-state index contributed by atoms with van der Waals surface area (Å²) in [6, 6.07) is 0. The molecule has 1 rings (SSSR count). The SMILES string of the molecule is CC(C)(C)CCNS(=O)(=O)c1cnn(CCN)c1. The molecule has 0 saturated heterocycles. The summed E-state index contributed by atoms with van der Waals surface area (Å²) in [6.45, 7) is 7.58. The molecule has 7 heteroatoms. The van der Waals surface area contributed by atoms with Crippen molar-refractivity contribution in [3.8, 4) is 0 Å². The third-order valence-electron chi connectivity index (χ3n) is 2.45. The van der Waals surface area contributed by atoms with E-state index >= 15 is 0 Å². The topological polar surface area (TPSA) is 90.0 Å². The molecule has 0 aliphatic rings. The number of nitrogens with two attached hydrogens (primary N) is 1. The average molecular weight is 274 g/mol. The second-order valence-electron chi connectivity index (χ2n) is 5.44. The number of rotatable bonds is 6. The summed E-state index contributed by atoms with van der Waals surface area (Å²) in [5.41, 5.74) is 5.48. The first-order chi connectivity index (χ1) is 8.24. The van der Waals surface area contributed by atoms with Gasteiger partial charge < -0.3 is 5.73 Å². The van der Waals surface area contributed by atoms with E-state index in [0.29, 0.717) is 19.6 Å². The monoisotopic (exact) mass is 274 g/mol. The Morgan fingerprint density at radius 2 is 2.11 bits per heavy atom. The van der Waals surface area contributed by atoms with Crippen LogP contribution in [0.5, 0.6) is 0 Å². The van der Waals surface area contributed by atoms with Crippen LogP contribution in [0.4, 0.5) is 0 Å². The molecule has 1 heterocycles. The molecule has 104 valence electrons. The Labute approximate surface area is 109 Å². The van der Waals surface area contributed by atoms with Crippen molar-refractivity contribution in [2.75, 3.05) is 13.1 Å². The van der Waals surface area contributed by atoms with Crippen molar-refractivity contribution in [2.45, 2.75) is 38.6 Å². The minimum absolute atomic E-state index is 0.103. The van der Waals surface area contributed by atoms with E-state index in [1.165, 1.54) is 17.1 Å². The Hall–Kier alpha value is -0.920. The van der Waals surface area contributed by atoms with Gasteiger partial charge in [0.25, 0.3) is 0 Å². The van der Waals surface area contributed by atoms with Crippen LogP contribution in [0.15, 0.2) is 17.3 Å². The Bertz CT molecular complexity index is 473. The van der Waals surface area contributed by atoms with Crippen molar-refractivity contribution in [1.82, 2.24) is 14.5 Å². The lowest BCUT2D eigenvalue weighted by Crippen LogP contribution is -2.27. The zero-order chi connectivity index (χ0) is 13.8. The molecule has 0 atom stereocenters. The maximum atomic E-state index is 11.9. The molecule has 0 radical (unpaired) electrons. The van der Waals surface area contributed by atoms with Crippen LogP contribution in [-0.4, -0.2) is 31.3 Å². The standard InChI is InChI=1S/C11H22N4O2S/c1-11(2,3)4-6-14-18(16,17)10-8-13-15(9-10)7-5-12/h8-9,14H,4-7,12H2,1-3H3. The summed E-state index contributed by atoms with van der Waals surface area (Å²) in [4.78, 5) is 0.185. The molecule has 0 aliphatic carbocycles. The van der Waals surface area contributed by atoms with Gasteiger partial charge in [-0.15, -0.1) is 0 Å². The van der Waals surface area contributed by atoms with Crippen molar-refractivity contribution >= 4 is 10.0 Å². The van der Waals surface area contributed by atoms with Crippen LogP contribution in [0.3, 0.4) is 0 Å². The van der Waals surface area contributed by atoms with Crippen molar-refractivity contribution in [3.63, 3.8) is 0 Å². The van der Waals surface area contributed by atoms with Gasteiger partial charge in [0, 0.05) is 19.3 Å². The second-order valence-corrected chi connectivity index (χ2v) is 7.20. The molecule has 1 aromatic heterocycles. The van der Waals surface area contributed by atoms with Crippen molar-refractivity contribution < 1.29 is 8.42 Å². The molecule has 3 N–H and O–H groups in total. The number of nitrogens with zero attached hydrogens (tertiary/aromatic N) is 2. The molecule has 0 fully saturated rings. The number of nitrogens with one attached hydrogen (secondary N) is 1. The maximum absolute atomic E-state index is 11.9. The highest BCUT2D eigenvalue weighted by molar-refractivity contribution is 7.89. The molecule has 0 aromatic carbocycles. The Morgan fingerprint density at radius 3 is 2.67 bits per heavy atom. The molecule has 0 bridgehead atoms. The molecular formula is C11H22N4O2S. The van der Waals surface area contributed by atoms with E-state index in [1.807, 2.05) is 0 Å². The van der Waals surface area contributed by atoms with Crippen molar-refractivity contribution in [2.24, 2.45) is 11.1 Å². The summed E-state index contributed by atoms with van der Waals surface area (Å²) in [6.07, 6.45) is 3.62. The summed E-state index contributed by atoms with van der Waals surface area (Å²) in [5.74, 6) is 0. The van der Waals surface area contributed by atoms with Gasteiger partial charge in [-0.25, -0.2) is 13.1 Å². The van der Waals surface area contributed by atoms with Crippen molar-refractivity contribution in [3.05, 3.63) is 12.4 Å². The largest absolute Gasteiger partial charge is 0.329 e. The lowest BCUT2D eigenvalue weighted by Gasteiger charge is -2.17. The fourth-order valence-electron chi connectivity index (χ4n) is 1.38. The van der Waals surface area contributed by atoms with Crippen LogP contribution in [0, 0.1) is 5.41 Å². The fourth-order valence-corrected chi connectivity index (χ4v) is 2.37. The molecule has 0 amide bonds. The van der Waals surface area contributed by atoms with Gasteiger partial charge in [0.2, 0.25) is 10.0 Å². The zero-order valence-electron chi connectivity index (χ0n) is 11.2. The lowest BCUT2D eigenvalue weighted by atomic mass is 9.93. The van der Waals surface area contributed by atoms with Gasteiger partial charge in [0.15, 0.2) is 0 Å². The van der Waals surface area contributed by atoms with Gasteiger partial charge in [-0.1, -0.05) is 20.8 Å². The van der Waals surface area contributed by atoms with E-state index in [-0.39, 0.29) is 10.3 Å². The van der Waals surface area contributed by atoms with Crippen LogP contribution in [-0.2, 0) is 16.6 Å². The smallest absolute Gasteiger partial charge is 0.243 e. The highest BCUT2D eigenvalue weighted by Crippen LogP contribution is 2.17. The predicted molar refractivity (Wildman–Crippen MR) is 70.5 cm³/mol. The summed E-state index contributed by atoms with van der Waals surface area (Å²) >= 11 is 0. The molecule has 6 nitrogen and oxygen atoms in total. The Morgan fingerprint density at radius 1 is 1.44 bits per heavy atom. The number of sulfonamides is 1. The fraction of sp³-hybridized carbons (Fsp3) is 0.727. The zero-order valence-corrected chi connectivity index (χ0v) is 12.0. The molecule has 18 heavy (non-hydrogen) atoms. The van der Waals surface area contributed by atoms with Crippen molar-refractivity contribution in [1.29, 1.82) is 0 Å². The first-order valence-corrected chi connectivity index (χ1v) is 7.45. The minimum atomic E-state index is -3.45. The second kappa shape index (κ2) is 5.81. The van der Waals surface area contributed by atoms with E-state index in [0.717, 1.165) is 6.42 Å². The quantitative estimate of drug-likeness (QED) is 0.793. The average Bonchev–Trinajstić information content (AvgIpc) is 2.65. The van der Waals surface area contributed by atoms with Gasteiger partial charge in [-0.2, -0.15) is 5.10 Å². The molecule has 0 saturated carbocycles. The molecule has 1 aromatic rings. The van der Waals surface area contributed by atoms with Gasteiger partial charge in [-0.3, -0.25) is 4.68 Å². The first-order valence-electron chi connectivity index (χ1n) is 5.97. The van der Waals surface area contributed by atoms with Gasteiger partial charge >= 0.3 is 0 Å². The van der Waals surface area contributed by atoms with Gasteiger partial charge in [-0.05, 0) is 11.8 Å². The van der Waals surface area contributed by atoms with Crippen LogP contribution in [0.1, 0.15) is 27.2 Å². The highest BCUT2D eigenvalue weighted by Gasteiger charge is 2.17. The molecular weight excluding hydrogens is 252 g/mol. The summed E-state index contributed by atoms with van der Waals surface area (Å²) < 4.78 is 28.0. The maximum Gasteiger partial charge on any atom is 0.243 e. The van der Waals surface area contributed by atoms with Crippen LogP contribution in [0.25, 0.3) is 0 Å². The highest BCUT2D eigenvalue weighted by atomic mass is 32.2. The van der Waals surface area contributed by atoms with Gasteiger partial charge in [0.05, 0.1) is 12.7 Å². The van der Waals surface area contributed by atoms with Crippen LogP contribution in [0.2, 0.25) is 0 Å². The Balaban J connectivity index is 2.62. The lowest BCUT2D eigenvalue weighted by molar-refractivity contribution is 0.378. The number of hydrogen-bond donors (Lipinski definition) is 2. The third-order valence-corrected chi connectivity index (χ3v) is 3.86. The van der Waals surface area contributed by atoms with E-state index in [1.54, 1.807) is 0 Å². The van der Waals surface area contributed by atoms with E-state index < -0.39 is 10.0 Å². The number of hydrogen-bond acceptors (Lipinski definition) is 4. The first kappa shape index (κ1) is 15.1. The normalized spacial score (nSPS) is 12.9. The third kappa shape index (κ3) is 4.75. The van der Waals surface area contributed by atoms with Crippen LogP contribution < -0.4 is 10.5 Å². The van der Waals surface area contributed by atoms with E-state index in [2.05, 4.69) is 30.6 Å². The minimum Gasteiger partial charge on any atom is -0.329 e. The Kier molecular flexibility index (Phi) is 4.89. The molecule has 0 aliphatic heterocycles. The van der Waals surface area contributed by atoms with Gasteiger partial charge in [0.1, 0.15) is 4.90 Å². The molecule has 0 unspecified atom stereocenters. The van der Waals surface area contributed by atoms with E-state index in [9.17, 15) is 8.42 Å². The predicted octanol–water partition coefficient (Wildman–Crippen LogP) is 0.556. The van der Waals surface area contributed by atoms with E-state index in [4.69, 9.17) is 5.73 Å². The summed E-state index contributed by atoms with van der Waals surface area (Å²) in [5, 5.41) is 3.95. The number of aromatic nitrogens is 2.